The van der Waals surface area contributed by atoms with E-state index in [1.807, 2.05) is 6.20 Å². The van der Waals surface area contributed by atoms with Crippen LogP contribution < -0.4 is 5.32 Å². The van der Waals surface area contributed by atoms with Gasteiger partial charge in [0.15, 0.2) is 0 Å². The molecule has 0 radical (unpaired) electrons. The first-order valence-corrected chi connectivity index (χ1v) is 8.05. The molecule has 1 N–H and O–H groups in total. The highest BCUT2D eigenvalue weighted by atomic mass is 19.4. The number of para-hydroxylation sites is 1. The van der Waals surface area contributed by atoms with Crippen LogP contribution in [0.15, 0.2) is 30.5 Å². The number of rotatable bonds is 3. The van der Waals surface area contributed by atoms with Crippen LogP contribution in [-0.2, 0) is 6.18 Å². The van der Waals surface area contributed by atoms with Gasteiger partial charge in [-0.1, -0.05) is 17.3 Å². The van der Waals surface area contributed by atoms with Crippen molar-refractivity contribution >= 4 is 11.7 Å². The van der Waals surface area contributed by atoms with E-state index in [1.165, 1.54) is 23.1 Å². The zero-order valence-corrected chi connectivity index (χ0v) is 13.2. The van der Waals surface area contributed by atoms with Crippen molar-refractivity contribution in [3.8, 4) is 0 Å². The molecule has 2 aliphatic rings. The average molecular weight is 351 g/mol. The lowest BCUT2D eigenvalue weighted by atomic mass is 10.1. The van der Waals surface area contributed by atoms with Gasteiger partial charge in [0, 0.05) is 25.2 Å². The lowest BCUT2D eigenvalue weighted by Gasteiger charge is -2.38. The van der Waals surface area contributed by atoms with E-state index >= 15 is 0 Å². The minimum atomic E-state index is -4.51. The molecule has 0 atom stereocenters. The minimum Gasteiger partial charge on any atom is -0.320 e. The number of amides is 2. The van der Waals surface area contributed by atoms with Gasteiger partial charge < -0.3 is 10.2 Å². The van der Waals surface area contributed by atoms with Gasteiger partial charge in [-0.3, -0.25) is 0 Å². The first-order valence-electron chi connectivity index (χ1n) is 8.05. The number of hydrogen-bond acceptors (Lipinski definition) is 3. The summed E-state index contributed by atoms with van der Waals surface area (Å²) in [6.07, 6.45) is -0.342. The largest absolute Gasteiger partial charge is 0.418 e. The normalized spacial score (nSPS) is 18.1. The maximum absolute atomic E-state index is 13.0. The lowest BCUT2D eigenvalue weighted by molar-refractivity contribution is -0.136. The number of nitrogens with zero attached hydrogens (tertiary/aromatic N) is 4. The van der Waals surface area contributed by atoms with Crippen LogP contribution in [0.2, 0.25) is 0 Å². The monoisotopic (exact) mass is 351 g/mol. The fourth-order valence-electron chi connectivity index (χ4n) is 2.86. The van der Waals surface area contributed by atoms with Crippen LogP contribution in [-0.4, -0.2) is 39.0 Å². The van der Waals surface area contributed by atoms with Crippen molar-refractivity contribution in [2.24, 2.45) is 0 Å². The lowest BCUT2D eigenvalue weighted by Crippen LogP contribution is -2.52. The van der Waals surface area contributed by atoms with E-state index in [0.717, 1.165) is 24.6 Å². The van der Waals surface area contributed by atoms with E-state index in [4.69, 9.17) is 0 Å². The SMILES string of the molecule is O=C(Nc1ccccc1C(F)(F)F)N1CC(n2cc(C3CC3)nn2)C1. The van der Waals surface area contributed by atoms with Crippen molar-refractivity contribution in [1.82, 2.24) is 19.9 Å². The molecule has 132 valence electrons. The third-order valence-corrected chi connectivity index (χ3v) is 4.52. The first kappa shape index (κ1) is 15.9. The van der Waals surface area contributed by atoms with Crippen molar-refractivity contribution < 1.29 is 18.0 Å². The van der Waals surface area contributed by atoms with Crippen LogP contribution >= 0.6 is 0 Å². The predicted molar refractivity (Wildman–Crippen MR) is 83.1 cm³/mol. The highest BCUT2D eigenvalue weighted by Crippen LogP contribution is 2.39. The Morgan fingerprint density at radius 1 is 1.20 bits per heavy atom. The predicted octanol–water partition coefficient (Wildman–Crippen LogP) is 3.26. The molecular weight excluding hydrogens is 335 g/mol. The summed E-state index contributed by atoms with van der Waals surface area (Å²) in [5, 5.41) is 10.6. The van der Waals surface area contributed by atoms with Crippen LogP contribution in [0.1, 0.15) is 36.1 Å². The Hall–Kier alpha value is -2.58. The quantitative estimate of drug-likeness (QED) is 0.923. The average Bonchev–Trinajstić information content (AvgIpc) is 3.25. The molecule has 1 aromatic heterocycles. The number of carbonyl (C=O) groups is 1. The molecule has 2 heterocycles. The highest BCUT2D eigenvalue weighted by Gasteiger charge is 2.37. The second kappa shape index (κ2) is 5.75. The van der Waals surface area contributed by atoms with Gasteiger partial charge >= 0.3 is 12.2 Å². The number of halogens is 3. The van der Waals surface area contributed by atoms with Crippen molar-refractivity contribution in [3.63, 3.8) is 0 Å². The number of nitrogens with one attached hydrogen (secondary N) is 1. The molecule has 0 spiro atoms. The third kappa shape index (κ3) is 3.18. The number of anilines is 1. The molecule has 2 amide bonds. The van der Waals surface area contributed by atoms with Gasteiger partial charge in [-0.2, -0.15) is 13.2 Å². The topological polar surface area (TPSA) is 63.1 Å². The molecular formula is C16H16F3N5O. The summed E-state index contributed by atoms with van der Waals surface area (Å²) in [6, 6.07) is 4.42. The van der Waals surface area contributed by atoms with Gasteiger partial charge in [0.1, 0.15) is 0 Å². The van der Waals surface area contributed by atoms with Gasteiger partial charge in [-0.05, 0) is 25.0 Å². The molecule has 4 rings (SSSR count). The maximum atomic E-state index is 13.0. The smallest absolute Gasteiger partial charge is 0.320 e. The molecule has 1 aliphatic heterocycles. The molecule has 1 saturated carbocycles. The first-order chi connectivity index (χ1) is 11.9. The van der Waals surface area contributed by atoms with E-state index in [9.17, 15) is 18.0 Å². The highest BCUT2D eigenvalue weighted by molar-refractivity contribution is 5.90. The summed E-state index contributed by atoms with van der Waals surface area (Å²) in [6.45, 7) is 0.793. The molecule has 9 heteroatoms. The van der Waals surface area contributed by atoms with Crippen LogP contribution in [0.25, 0.3) is 0 Å². The molecule has 0 bridgehead atoms. The van der Waals surface area contributed by atoms with Crippen LogP contribution in [0.3, 0.4) is 0 Å². The van der Waals surface area contributed by atoms with E-state index in [-0.39, 0.29) is 11.7 Å². The van der Waals surface area contributed by atoms with Crippen LogP contribution in [0.5, 0.6) is 0 Å². The summed E-state index contributed by atoms with van der Waals surface area (Å²) in [4.78, 5) is 13.6. The Morgan fingerprint density at radius 2 is 1.92 bits per heavy atom. The fraction of sp³-hybridized carbons (Fsp3) is 0.438. The zero-order chi connectivity index (χ0) is 17.6. The molecule has 1 saturated heterocycles. The molecule has 2 fully saturated rings. The van der Waals surface area contributed by atoms with E-state index < -0.39 is 17.8 Å². The molecule has 2 aromatic rings. The Bertz CT molecular complexity index is 793. The number of benzene rings is 1. The zero-order valence-electron chi connectivity index (χ0n) is 13.2. The number of carbonyl (C=O) groups excluding carboxylic acids is 1. The number of urea groups is 1. The van der Waals surface area contributed by atoms with Crippen LogP contribution in [0.4, 0.5) is 23.7 Å². The Labute approximate surface area is 141 Å². The fourth-order valence-corrected chi connectivity index (χ4v) is 2.86. The maximum Gasteiger partial charge on any atom is 0.418 e. The number of likely N-dealkylation sites (tertiary alicyclic amines) is 1. The van der Waals surface area contributed by atoms with E-state index in [2.05, 4.69) is 15.6 Å². The van der Waals surface area contributed by atoms with Gasteiger partial charge in [0.25, 0.3) is 0 Å². The van der Waals surface area contributed by atoms with Gasteiger partial charge in [0.05, 0.1) is 23.0 Å². The molecule has 0 unspecified atom stereocenters. The van der Waals surface area contributed by atoms with Gasteiger partial charge in [-0.15, -0.1) is 5.10 Å². The number of aromatic nitrogens is 3. The Kier molecular flexibility index (Phi) is 3.66. The van der Waals surface area contributed by atoms with Crippen molar-refractivity contribution in [2.75, 3.05) is 18.4 Å². The molecule has 1 aromatic carbocycles. The van der Waals surface area contributed by atoms with Gasteiger partial charge in [-0.25, -0.2) is 9.48 Å². The van der Waals surface area contributed by atoms with Gasteiger partial charge in [0.2, 0.25) is 0 Å². The summed E-state index contributed by atoms with van der Waals surface area (Å²) >= 11 is 0. The summed E-state index contributed by atoms with van der Waals surface area (Å²) in [5.41, 5.74) is -0.118. The summed E-state index contributed by atoms with van der Waals surface area (Å²) in [7, 11) is 0. The standard InChI is InChI=1S/C16H16F3N5O/c17-16(18,19)12-3-1-2-4-13(12)20-15(25)23-7-11(8-23)24-9-14(21-22-24)10-5-6-10/h1-4,9-11H,5-8H2,(H,20,25). The second-order valence-corrected chi connectivity index (χ2v) is 6.43. The minimum absolute atomic E-state index is 0.0172. The Balaban J connectivity index is 1.37. The molecule has 6 nitrogen and oxygen atoms in total. The number of hydrogen-bond donors (Lipinski definition) is 1. The summed E-state index contributed by atoms with van der Waals surface area (Å²) in [5.74, 6) is 0.507. The van der Waals surface area contributed by atoms with Crippen molar-refractivity contribution in [1.29, 1.82) is 0 Å². The van der Waals surface area contributed by atoms with Crippen molar-refractivity contribution in [3.05, 3.63) is 41.7 Å². The summed E-state index contributed by atoms with van der Waals surface area (Å²) < 4.78 is 40.6. The van der Waals surface area contributed by atoms with E-state index in [0.29, 0.717) is 19.0 Å². The van der Waals surface area contributed by atoms with E-state index in [1.54, 1.807) is 4.68 Å². The third-order valence-electron chi connectivity index (χ3n) is 4.52. The molecule has 25 heavy (non-hydrogen) atoms. The molecule has 1 aliphatic carbocycles. The number of alkyl halides is 3. The Morgan fingerprint density at radius 3 is 2.60 bits per heavy atom. The van der Waals surface area contributed by atoms with Crippen molar-refractivity contribution in [2.45, 2.75) is 31.0 Å². The van der Waals surface area contributed by atoms with Crippen LogP contribution in [0, 0.1) is 0 Å². The second-order valence-electron chi connectivity index (χ2n) is 6.43.